The Morgan fingerprint density at radius 2 is 0.706 bits per heavy atom. The van der Waals surface area contributed by atoms with Crippen molar-refractivity contribution in [3.8, 4) is 34.5 Å². The molecule has 0 saturated heterocycles. The van der Waals surface area contributed by atoms with Crippen LogP contribution in [0.1, 0.15) is 196 Å². The number of phenols is 3. The molecule has 3 N–H and O–H groups in total. The van der Waals surface area contributed by atoms with Crippen LogP contribution >= 0.6 is 70.5 Å². The zero-order valence-corrected chi connectivity index (χ0v) is 59.9. The summed E-state index contributed by atoms with van der Waals surface area (Å²) in [4.78, 5) is 40.1. The molecule has 6 aliphatic rings. The van der Waals surface area contributed by atoms with Gasteiger partial charge in [-0.15, -0.1) is 70.5 Å². The molecule has 85 heavy (non-hydrogen) atoms. The van der Waals surface area contributed by atoms with Crippen LogP contribution in [-0.2, 0) is 33.6 Å². The number of phenolic OH excluding ortho intramolecular Hbond substituents is 3. The third-order valence-corrected chi connectivity index (χ3v) is 20.6. The van der Waals surface area contributed by atoms with Crippen LogP contribution in [-0.4, -0.2) is 62.5 Å². The van der Waals surface area contributed by atoms with Crippen molar-refractivity contribution in [1.82, 2.24) is 0 Å². The number of carbonyl (C=O) groups is 3. The van der Waals surface area contributed by atoms with Gasteiger partial charge < -0.3 is 29.5 Å². The Kier molecular flexibility index (Phi) is 26.0. The lowest BCUT2D eigenvalue weighted by molar-refractivity contribution is -0.119. The molecule has 470 valence electrons. The molecule has 9 nitrogen and oxygen atoms in total. The van der Waals surface area contributed by atoms with Crippen LogP contribution in [0.3, 0.4) is 0 Å². The van der Waals surface area contributed by atoms with Crippen molar-refractivity contribution in [2.24, 2.45) is 50.2 Å². The Bertz CT molecular complexity index is 2900. The van der Waals surface area contributed by atoms with Crippen LogP contribution < -0.4 is 14.2 Å². The molecule has 3 aromatic rings. The van der Waals surface area contributed by atoms with E-state index in [4.69, 9.17) is 37.4 Å². The van der Waals surface area contributed by atoms with E-state index in [1.165, 1.54) is 74.2 Å². The van der Waals surface area contributed by atoms with E-state index in [2.05, 4.69) is 130 Å². The highest BCUT2D eigenvalue weighted by molar-refractivity contribution is 9.69. The van der Waals surface area contributed by atoms with Crippen LogP contribution in [0.4, 0.5) is 0 Å². The molecule has 0 aromatic heterocycles. The van der Waals surface area contributed by atoms with Gasteiger partial charge in [-0.1, -0.05) is 98.3 Å². The number of ether oxygens (including phenoxy) is 3. The van der Waals surface area contributed by atoms with Crippen LogP contribution in [0.2, 0.25) is 0 Å². The summed E-state index contributed by atoms with van der Waals surface area (Å²) < 4.78 is 16.3. The van der Waals surface area contributed by atoms with E-state index in [0.29, 0.717) is 47.3 Å². The van der Waals surface area contributed by atoms with Crippen LogP contribution in [0.15, 0.2) is 88.0 Å². The zero-order chi connectivity index (χ0) is 63.6. The maximum atomic E-state index is 13.5. The number of hydrogen-bond donors (Lipinski definition) is 3. The third-order valence-electron chi connectivity index (χ3n) is 20.6. The van der Waals surface area contributed by atoms with Crippen LogP contribution in [0.5, 0.6) is 34.5 Å². The molecule has 0 unspecified atom stereocenters. The molecule has 3 fully saturated rings. The highest BCUT2D eigenvalue weighted by Gasteiger charge is 2.54. The standard InChI is InChI=1S/C24H34O3.C23H32O3.C22H30O3.CH2Cl2.BBr3/c1-16-8-9-21-23(2,3)10-7-11-24(21,4)22(16)20(25)14-17-12-18(26-5)15-19(13-17)27-6;1-15-7-8-20-22(2,3)9-6-10-23(20,4)21(15)19(25)13-16-11-17(24)14-18(12-16)26-5;1-14-6-7-19-21(2,3)8-5-9-22(19,4)20(14)18(25)12-15-10-16(23)13-17(24)11-15;2-1-3;2-1(3)4/h12-13,15,21H,7-11,14H2,1-6H3;11-12,14,20,24H,6-10,13H2,1-5H3;10-11,13,19,23-24H,5-9,12H2,1-4H3;1H2;/t21-,24-;20-,23-;19-,22-;;/m000../s1. The second-order valence-corrected chi connectivity index (χ2v) is 35.0. The molecule has 15 heteroatoms. The van der Waals surface area contributed by atoms with Crippen LogP contribution in [0, 0.1) is 50.2 Å². The lowest BCUT2D eigenvalue weighted by Crippen LogP contribution is -2.47. The molecule has 3 aromatic carbocycles. The lowest BCUT2D eigenvalue weighted by Gasteiger charge is -2.54. The summed E-state index contributed by atoms with van der Waals surface area (Å²) in [5.41, 5.74) is 10.2. The first-order valence-corrected chi connectivity index (χ1v) is 34.3. The van der Waals surface area contributed by atoms with Gasteiger partial charge in [-0.25, -0.2) is 0 Å². The van der Waals surface area contributed by atoms with Gasteiger partial charge in [0.15, 0.2) is 17.3 Å². The Balaban J connectivity index is 0.000000220. The number of benzene rings is 3. The van der Waals surface area contributed by atoms with Crippen molar-refractivity contribution in [3.63, 3.8) is 0 Å². The molecule has 0 amide bonds. The summed E-state index contributed by atoms with van der Waals surface area (Å²) >= 11 is 18.8. The summed E-state index contributed by atoms with van der Waals surface area (Å²) in [5, 5.41) is 29.5. The normalized spacial score (nSPS) is 26.0. The van der Waals surface area contributed by atoms with Crippen LogP contribution in [0.25, 0.3) is 0 Å². The number of fused-ring (bicyclic) bond motifs is 3. The maximum Gasteiger partial charge on any atom is 0.369 e. The van der Waals surface area contributed by atoms with E-state index in [1.54, 1.807) is 45.6 Å². The number of hydrogen-bond acceptors (Lipinski definition) is 9. The predicted octanol–water partition coefficient (Wildman–Crippen LogP) is 19.9. The first kappa shape index (κ1) is 72.5. The second kappa shape index (κ2) is 30.5. The Morgan fingerprint density at radius 1 is 0.459 bits per heavy atom. The molecular formula is C70H98BBr3Cl2O9. The van der Waals surface area contributed by atoms with E-state index in [9.17, 15) is 29.7 Å². The number of alkyl halides is 2. The second-order valence-electron chi connectivity index (χ2n) is 27.8. The van der Waals surface area contributed by atoms with Gasteiger partial charge in [0.25, 0.3) is 0 Å². The van der Waals surface area contributed by atoms with Gasteiger partial charge in [-0.3, -0.25) is 14.4 Å². The fraction of sp³-hybridized carbons (Fsp3) is 0.614. The smallest absolute Gasteiger partial charge is 0.369 e. The van der Waals surface area contributed by atoms with E-state index in [-0.39, 0.29) is 76.6 Å². The Hall–Kier alpha value is -3.23. The average molecular weight is 1400 g/mol. The van der Waals surface area contributed by atoms with E-state index < -0.39 is 0 Å². The monoisotopic (exact) mass is 1400 g/mol. The molecule has 0 spiro atoms. The topological polar surface area (TPSA) is 140 Å². The van der Waals surface area contributed by atoms with E-state index in [0.717, 1.165) is 84.3 Å². The minimum absolute atomic E-state index is 0.0000312. The highest BCUT2D eigenvalue weighted by atomic mass is 79.9. The van der Waals surface area contributed by atoms with Gasteiger partial charge in [0.2, 0.25) is 0 Å². The summed E-state index contributed by atoms with van der Waals surface area (Å²) in [5.74, 6) is 4.50. The van der Waals surface area contributed by atoms with Gasteiger partial charge in [0.1, 0.15) is 34.5 Å². The molecule has 0 radical (unpaired) electrons. The van der Waals surface area contributed by atoms with Gasteiger partial charge in [-0.2, -0.15) is 0 Å². The number of ketones is 3. The van der Waals surface area contributed by atoms with Crippen molar-refractivity contribution >= 4 is 91.0 Å². The van der Waals surface area contributed by atoms with Gasteiger partial charge >= 0.3 is 3.18 Å². The zero-order valence-electron chi connectivity index (χ0n) is 53.6. The number of methoxy groups -OCH3 is 3. The molecule has 3 saturated carbocycles. The molecule has 0 aliphatic heterocycles. The summed E-state index contributed by atoms with van der Waals surface area (Å²) in [6.45, 7) is 27.6. The van der Waals surface area contributed by atoms with Gasteiger partial charge in [0.05, 0.1) is 26.7 Å². The first-order chi connectivity index (χ1) is 39.7. The number of carbonyl (C=O) groups excluding carboxylic acids is 3. The summed E-state index contributed by atoms with van der Waals surface area (Å²) in [6.07, 6.45) is 18.2. The summed E-state index contributed by atoms with van der Waals surface area (Å²) in [6, 6.07) is 15.3. The molecule has 6 atom stereocenters. The molecule has 0 heterocycles. The minimum atomic E-state index is -0.0555. The van der Waals surface area contributed by atoms with E-state index in [1.807, 2.05) is 24.3 Å². The fourth-order valence-corrected chi connectivity index (χ4v) is 17.4. The minimum Gasteiger partial charge on any atom is -0.508 e. The predicted molar refractivity (Wildman–Crippen MR) is 363 cm³/mol. The molecular weight excluding hydrogens is 1310 g/mol. The quantitative estimate of drug-likeness (QED) is 0.119. The molecule has 9 rings (SSSR count). The Labute approximate surface area is 545 Å². The highest BCUT2D eigenvalue weighted by Crippen LogP contribution is 2.62. The third kappa shape index (κ3) is 17.8. The van der Waals surface area contributed by atoms with Crippen molar-refractivity contribution < 1.29 is 43.9 Å². The van der Waals surface area contributed by atoms with Crippen molar-refractivity contribution in [2.75, 3.05) is 26.7 Å². The summed E-state index contributed by atoms with van der Waals surface area (Å²) in [7, 11) is 4.86. The van der Waals surface area contributed by atoms with Gasteiger partial charge in [-0.05, 0) is 201 Å². The number of allylic oxidation sites excluding steroid dienone is 6. The SMILES string of the molecule is BrB(Br)Br.CC1=C(C(=O)Cc2cc(O)cc(O)c2)[C@@]2(C)CCCC(C)(C)[C@@H]2CC1.COc1cc(CC(=O)C2=C(C)CC[C@H]3C(C)(C)CCC[C@]23C)cc(OC)c1.COc1cc(O)cc(CC(=O)C2=C(C)CC[C@H]3C(C)(C)CCC[C@]23C)c1.ClCCl. The van der Waals surface area contributed by atoms with Crippen molar-refractivity contribution in [2.45, 2.75) is 199 Å². The van der Waals surface area contributed by atoms with Gasteiger partial charge in [0, 0.05) is 54.2 Å². The Morgan fingerprint density at radius 3 is 0.988 bits per heavy atom. The largest absolute Gasteiger partial charge is 0.508 e. The number of rotatable bonds is 12. The number of Topliss-reactive ketones (excluding diaryl/α,β-unsaturated/α-hetero) is 3. The maximum absolute atomic E-state index is 13.5. The first-order valence-electron chi connectivity index (χ1n) is 30.5. The molecule has 0 bridgehead atoms. The number of aromatic hydroxyl groups is 3. The fourth-order valence-electron chi connectivity index (χ4n) is 17.4. The number of halogens is 5. The average Bonchev–Trinajstić information content (AvgIpc) is 3.08. The lowest BCUT2D eigenvalue weighted by atomic mass is 9.49. The molecule has 6 aliphatic carbocycles. The van der Waals surface area contributed by atoms with Crippen molar-refractivity contribution in [1.29, 1.82) is 0 Å². The van der Waals surface area contributed by atoms with E-state index >= 15 is 0 Å². The van der Waals surface area contributed by atoms with Crippen molar-refractivity contribution in [3.05, 3.63) is 105 Å².